The number of carbonyl (C=O) groups is 1. The Morgan fingerprint density at radius 2 is 1.90 bits per heavy atom. The van der Waals surface area contributed by atoms with Gasteiger partial charge in [-0.05, 0) is 42.7 Å². The van der Waals surface area contributed by atoms with E-state index in [1.807, 2.05) is 12.1 Å². The minimum atomic E-state index is -4.47. The summed E-state index contributed by atoms with van der Waals surface area (Å²) in [5.74, 6) is 0.187. The zero-order valence-corrected chi connectivity index (χ0v) is 17.7. The van der Waals surface area contributed by atoms with Crippen LogP contribution in [0.5, 0.6) is 5.75 Å². The van der Waals surface area contributed by atoms with Gasteiger partial charge < -0.3 is 20.1 Å². The Labute approximate surface area is 180 Å². The largest absolute Gasteiger partial charge is 0.495 e. The van der Waals surface area contributed by atoms with Crippen LogP contribution < -0.4 is 15.4 Å². The first-order valence-electron chi connectivity index (χ1n) is 10.0. The molecule has 1 fully saturated rings. The van der Waals surface area contributed by atoms with E-state index in [-0.39, 0.29) is 17.5 Å². The van der Waals surface area contributed by atoms with Crippen molar-refractivity contribution in [1.29, 1.82) is 0 Å². The molecule has 6 nitrogen and oxygen atoms in total. The molecule has 1 saturated carbocycles. The second kappa shape index (κ2) is 12.1. The molecule has 2 N–H and O–H groups in total. The van der Waals surface area contributed by atoms with Crippen LogP contribution in [-0.2, 0) is 17.5 Å². The number of amides is 2. The van der Waals surface area contributed by atoms with E-state index in [9.17, 15) is 18.0 Å². The van der Waals surface area contributed by atoms with E-state index in [1.54, 1.807) is 19.5 Å². The number of ether oxygens (including phenoxy) is 2. The fourth-order valence-corrected chi connectivity index (χ4v) is 3.22. The molecule has 9 heteroatoms. The Morgan fingerprint density at radius 1 is 1.16 bits per heavy atom. The molecule has 0 aliphatic heterocycles. The van der Waals surface area contributed by atoms with Crippen molar-refractivity contribution >= 4 is 11.7 Å². The predicted octanol–water partition coefficient (Wildman–Crippen LogP) is 5.40. The number of benzene rings is 1. The Kier molecular flexibility index (Phi) is 9.58. The third-order valence-electron chi connectivity index (χ3n) is 4.75. The fourth-order valence-electron chi connectivity index (χ4n) is 3.22. The summed E-state index contributed by atoms with van der Waals surface area (Å²) in [6.07, 6.45) is 4.13. The van der Waals surface area contributed by atoms with E-state index in [2.05, 4.69) is 15.6 Å². The number of carbonyl (C=O) groups excluding carboxylic acids is 1. The monoisotopic (exact) mass is 439 g/mol. The number of nitrogens with one attached hydrogen (secondary N) is 2. The SMILES string of the molecule is COCc1cccnc1.COc1ccc(C(F)(F)F)cc1NC(=O)NC1CCCCC1. The number of rotatable bonds is 5. The smallest absolute Gasteiger partial charge is 0.416 e. The van der Waals surface area contributed by atoms with Crippen LogP contribution >= 0.6 is 0 Å². The molecule has 1 aromatic heterocycles. The standard InChI is InChI=1S/C15H19F3N2O2.C7H9NO/c1-22-13-8-7-10(15(16,17)18)9-12(13)20-14(21)19-11-5-3-2-4-6-11;1-9-6-7-3-2-4-8-5-7/h7-9,11H,2-6H2,1H3,(H2,19,20,21);2-5H,6H2,1H3. The summed E-state index contributed by atoms with van der Waals surface area (Å²) in [7, 11) is 3.01. The number of anilines is 1. The zero-order chi connectivity index (χ0) is 22.7. The topological polar surface area (TPSA) is 72.5 Å². The van der Waals surface area contributed by atoms with Crippen LogP contribution in [0.2, 0.25) is 0 Å². The molecule has 0 spiro atoms. The van der Waals surface area contributed by atoms with Gasteiger partial charge in [-0.3, -0.25) is 4.98 Å². The molecule has 3 rings (SSSR count). The molecular weight excluding hydrogens is 411 g/mol. The highest BCUT2D eigenvalue weighted by Crippen LogP contribution is 2.34. The lowest BCUT2D eigenvalue weighted by Gasteiger charge is -2.23. The van der Waals surface area contributed by atoms with Gasteiger partial charge in [0.05, 0.1) is 25.0 Å². The summed E-state index contributed by atoms with van der Waals surface area (Å²) in [6.45, 7) is 0.647. The molecule has 0 bridgehead atoms. The van der Waals surface area contributed by atoms with Crippen molar-refractivity contribution in [3.63, 3.8) is 0 Å². The number of urea groups is 1. The van der Waals surface area contributed by atoms with E-state index in [1.165, 1.54) is 13.2 Å². The van der Waals surface area contributed by atoms with Gasteiger partial charge in [0, 0.05) is 25.5 Å². The second-order valence-electron chi connectivity index (χ2n) is 7.14. The van der Waals surface area contributed by atoms with Gasteiger partial charge in [0.1, 0.15) is 5.75 Å². The van der Waals surface area contributed by atoms with Crippen molar-refractivity contribution < 1.29 is 27.4 Å². The van der Waals surface area contributed by atoms with Crippen molar-refractivity contribution in [1.82, 2.24) is 10.3 Å². The Bertz CT molecular complexity index is 811. The molecule has 1 heterocycles. The molecule has 2 aromatic rings. The molecular formula is C22H28F3N3O3. The maximum Gasteiger partial charge on any atom is 0.416 e. The molecule has 0 atom stereocenters. The molecule has 31 heavy (non-hydrogen) atoms. The summed E-state index contributed by atoms with van der Waals surface area (Å²) in [5.41, 5.74) is 0.284. The first-order chi connectivity index (χ1) is 14.8. The normalized spacial score (nSPS) is 14.2. The van der Waals surface area contributed by atoms with Gasteiger partial charge in [0.25, 0.3) is 0 Å². The Morgan fingerprint density at radius 3 is 2.48 bits per heavy atom. The highest BCUT2D eigenvalue weighted by atomic mass is 19.4. The summed E-state index contributed by atoms with van der Waals surface area (Å²) in [4.78, 5) is 15.9. The van der Waals surface area contributed by atoms with E-state index in [0.717, 1.165) is 49.8 Å². The average Bonchev–Trinajstić information content (AvgIpc) is 2.75. The van der Waals surface area contributed by atoms with Crippen molar-refractivity contribution in [3.05, 3.63) is 53.9 Å². The van der Waals surface area contributed by atoms with Crippen LogP contribution in [0.15, 0.2) is 42.7 Å². The minimum absolute atomic E-state index is 0.00522. The molecule has 1 aliphatic carbocycles. The number of nitrogens with zero attached hydrogens (tertiary/aromatic N) is 1. The predicted molar refractivity (Wildman–Crippen MR) is 112 cm³/mol. The summed E-state index contributed by atoms with van der Waals surface area (Å²) >= 11 is 0. The van der Waals surface area contributed by atoms with Crippen molar-refractivity contribution in [3.8, 4) is 5.75 Å². The Balaban J connectivity index is 0.000000316. The molecule has 170 valence electrons. The van der Waals surface area contributed by atoms with Gasteiger partial charge in [-0.1, -0.05) is 25.3 Å². The van der Waals surface area contributed by atoms with Crippen LogP contribution in [-0.4, -0.2) is 31.3 Å². The number of aromatic nitrogens is 1. The van der Waals surface area contributed by atoms with Gasteiger partial charge in [-0.25, -0.2) is 4.79 Å². The first-order valence-corrected chi connectivity index (χ1v) is 10.0. The average molecular weight is 439 g/mol. The van der Waals surface area contributed by atoms with Gasteiger partial charge >= 0.3 is 12.2 Å². The molecule has 1 aromatic carbocycles. The Hall–Kier alpha value is -2.81. The molecule has 1 aliphatic rings. The highest BCUT2D eigenvalue weighted by molar-refractivity contribution is 5.91. The third kappa shape index (κ3) is 8.45. The molecule has 0 radical (unpaired) electrons. The van der Waals surface area contributed by atoms with Crippen LogP contribution in [0, 0.1) is 0 Å². The number of hydrogen-bond acceptors (Lipinski definition) is 4. The van der Waals surface area contributed by atoms with Crippen LogP contribution in [0.1, 0.15) is 43.2 Å². The van der Waals surface area contributed by atoms with Gasteiger partial charge in [-0.15, -0.1) is 0 Å². The van der Waals surface area contributed by atoms with Crippen LogP contribution in [0.4, 0.5) is 23.7 Å². The third-order valence-corrected chi connectivity index (χ3v) is 4.75. The number of pyridine rings is 1. The van der Waals surface area contributed by atoms with E-state index in [4.69, 9.17) is 9.47 Å². The summed E-state index contributed by atoms with van der Waals surface area (Å²) in [5, 5.41) is 5.24. The van der Waals surface area contributed by atoms with Gasteiger partial charge in [0.2, 0.25) is 0 Å². The fraction of sp³-hybridized carbons (Fsp3) is 0.455. The minimum Gasteiger partial charge on any atom is -0.495 e. The van der Waals surface area contributed by atoms with Crippen LogP contribution in [0.25, 0.3) is 0 Å². The van der Waals surface area contributed by atoms with E-state index < -0.39 is 17.8 Å². The van der Waals surface area contributed by atoms with Crippen molar-refractivity contribution in [2.75, 3.05) is 19.5 Å². The first kappa shape index (κ1) is 24.5. The number of alkyl halides is 3. The van der Waals surface area contributed by atoms with Crippen molar-refractivity contribution in [2.24, 2.45) is 0 Å². The van der Waals surface area contributed by atoms with E-state index in [0.29, 0.717) is 6.61 Å². The van der Waals surface area contributed by atoms with Gasteiger partial charge in [-0.2, -0.15) is 13.2 Å². The molecule has 0 saturated heterocycles. The lowest BCUT2D eigenvalue weighted by Crippen LogP contribution is -2.39. The zero-order valence-electron chi connectivity index (χ0n) is 17.7. The molecule has 0 unspecified atom stereocenters. The maximum absolute atomic E-state index is 12.7. The summed E-state index contributed by atoms with van der Waals surface area (Å²) < 4.78 is 48.1. The lowest BCUT2D eigenvalue weighted by molar-refractivity contribution is -0.137. The maximum atomic E-state index is 12.7. The van der Waals surface area contributed by atoms with Crippen LogP contribution in [0.3, 0.4) is 0 Å². The summed E-state index contributed by atoms with van der Waals surface area (Å²) in [6, 6.07) is 6.43. The lowest BCUT2D eigenvalue weighted by atomic mass is 9.96. The number of halogens is 3. The van der Waals surface area contributed by atoms with E-state index >= 15 is 0 Å². The van der Waals surface area contributed by atoms with Crippen molar-refractivity contribution in [2.45, 2.75) is 50.9 Å². The number of methoxy groups -OCH3 is 2. The quantitative estimate of drug-likeness (QED) is 0.655. The molecule has 2 amide bonds. The highest BCUT2D eigenvalue weighted by Gasteiger charge is 2.31. The number of hydrogen-bond donors (Lipinski definition) is 2. The second-order valence-corrected chi connectivity index (χ2v) is 7.14. The van der Waals surface area contributed by atoms with Gasteiger partial charge in [0.15, 0.2) is 0 Å².